The Morgan fingerprint density at radius 1 is 0.811 bits per heavy atom. The summed E-state index contributed by atoms with van der Waals surface area (Å²) in [5.74, 6) is -0.722. The van der Waals surface area contributed by atoms with Crippen molar-refractivity contribution in [1.82, 2.24) is 0 Å². The number of carbonyl (C=O) groups excluding carboxylic acids is 1. The number of hydrogen-bond acceptors (Lipinski definition) is 6. The molecular formula is C29H22I2O6. The molecule has 6 nitrogen and oxygen atoms in total. The zero-order valence-electron chi connectivity index (χ0n) is 19.9. The number of hydrogen-bond donors (Lipinski definition) is 1. The van der Waals surface area contributed by atoms with E-state index >= 15 is 0 Å². The fourth-order valence-electron chi connectivity index (χ4n) is 3.77. The topological polar surface area (TPSA) is 97.7 Å². The van der Waals surface area contributed by atoms with Crippen LogP contribution in [-0.2, 0) is 4.79 Å². The Bertz CT molecular complexity index is 1700. The summed E-state index contributed by atoms with van der Waals surface area (Å²) >= 11 is 4.32. The molecule has 0 aliphatic carbocycles. The number of ketones is 1. The molecule has 2 heterocycles. The lowest BCUT2D eigenvalue weighted by Gasteiger charge is -2.05. The van der Waals surface area contributed by atoms with Crippen molar-refractivity contribution in [3.05, 3.63) is 116 Å². The van der Waals surface area contributed by atoms with Gasteiger partial charge in [0, 0.05) is 35.8 Å². The van der Waals surface area contributed by atoms with Crippen LogP contribution in [0.5, 0.6) is 0 Å². The van der Waals surface area contributed by atoms with Gasteiger partial charge in [-0.2, -0.15) is 0 Å². The van der Waals surface area contributed by atoms with Crippen LogP contribution in [0, 0.1) is 0 Å². The van der Waals surface area contributed by atoms with Crippen LogP contribution in [-0.4, -0.2) is 10.9 Å². The molecule has 2 atom stereocenters. The molecule has 2 aromatic carbocycles. The van der Waals surface area contributed by atoms with Crippen molar-refractivity contribution >= 4 is 85.1 Å². The van der Waals surface area contributed by atoms with E-state index in [1.165, 1.54) is 12.2 Å². The number of rotatable bonds is 7. The lowest BCUT2D eigenvalue weighted by Crippen LogP contribution is -2.07. The maximum atomic E-state index is 12.4. The van der Waals surface area contributed by atoms with Gasteiger partial charge >= 0.3 is 11.3 Å². The number of fused-ring (bicyclic) bond motifs is 2. The summed E-state index contributed by atoms with van der Waals surface area (Å²) in [5, 5.41) is 11.8. The molecule has 4 aromatic rings. The number of aliphatic hydroxyl groups is 1. The Kier molecular flexibility index (Phi) is 8.48. The normalized spacial score (nSPS) is 14.1. The first-order valence-corrected chi connectivity index (χ1v) is 13.9. The van der Waals surface area contributed by atoms with Crippen LogP contribution in [0.1, 0.15) is 44.0 Å². The molecule has 188 valence electrons. The van der Waals surface area contributed by atoms with Crippen molar-refractivity contribution in [2.75, 3.05) is 0 Å². The molecule has 1 N–H and O–H groups in total. The second-order valence-electron chi connectivity index (χ2n) is 8.38. The molecule has 0 saturated carbocycles. The van der Waals surface area contributed by atoms with E-state index in [-0.39, 0.29) is 13.6 Å². The first kappa shape index (κ1) is 27.1. The summed E-state index contributed by atoms with van der Waals surface area (Å²) in [6.07, 6.45) is 6.84. The van der Waals surface area contributed by atoms with E-state index in [1.54, 1.807) is 36.4 Å². The Balaban J connectivity index is 1.56. The number of benzene rings is 2. The SMILES string of the molecule is CC(I)c1cc2cccc(/C=C/C(=O)/C=C(O)/C=C/c3cccc4cc(C(C)I)c(=O)oc34)c2oc1=O. The molecule has 37 heavy (non-hydrogen) atoms. The largest absolute Gasteiger partial charge is 0.508 e. The van der Waals surface area contributed by atoms with Gasteiger partial charge in [0.25, 0.3) is 0 Å². The lowest BCUT2D eigenvalue weighted by molar-refractivity contribution is -0.110. The molecule has 2 aromatic heterocycles. The number of para-hydroxylation sites is 2. The van der Waals surface area contributed by atoms with Crippen LogP contribution in [0.3, 0.4) is 0 Å². The number of aliphatic hydroxyl groups excluding tert-OH is 1. The van der Waals surface area contributed by atoms with Gasteiger partial charge in [-0.25, -0.2) is 9.59 Å². The van der Waals surface area contributed by atoms with Crippen LogP contribution in [0.15, 0.2) is 90.9 Å². The van der Waals surface area contributed by atoms with Gasteiger partial charge in [-0.15, -0.1) is 0 Å². The second-order valence-corrected chi connectivity index (χ2v) is 12.1. The van der Waals surface area contributed by atoms with Crippen molar-refractivity contribution in [2.45, 2.75) is 21.7 Å². The first-order chi connectivity index (χ1) is 17.6. The highest BCUT2D eigenvalue weighted by Gasteiger charge is 2.12. The van der Waals surface area contributed by atoms with Gasteiger partial charge in [0.05, 0.1) is 11.1 Å². The highest BCUT2D eigenvalue weighted by Crippen LogP contribution is 2.26. The fraction of sp³-hybridized carbons (Fsp3) is 0.138. The van der Waals surface area contributed by atoms with Crippen LogP contribution in [0.4, 0.5) is 0 Å². The number of alkyl halides is 2. The number of carbonyl (C=O) groups is 1. The highest BCUT2D eigenvalue weighted by atomic mass is 127. The molecule has 0 spiro atoms. The molecule has 8 heteroatoms. The standard InChI is InChI=1S/C29H22I2O6/c1-16(30)24-13-20-7-3-5-18(26(20)36-28(24)34)9-11-22(32)15-23(33)12-10-19-6-4-8-21-14-25(17(2)31)29(35)37-27(19)21/h3-17,32H,1-2H3/b11-9+,12-10+,22-15-. The summed E-state index contributed by atoms with van der Waals surface area (Å²) in [6, 6.07) is 14.4. The first-order valence-electron chi connectivity index (χ1n) is 11.4. The predicted octanol–water partition coefficient (Wildman–Crippen LogP) is 7.63. The summed E-state index contributed by atoms with van der Waals surface area (Å²) in [7, 11) is 0. The van der Waals surface area contributed by atoms with E-state index in [1.807, 2.05) is 38.1 Å². The molecule has 2 unspecified atom stereocenters. The van der Waals surface area contributed by atoms with Gasteiger partial charge in [0.15, 0.2) is 5.78 Å². The van der Waals surface area contributed by atoms with E-state index in [2.05, 4.69) is 45.2 Å². The minimum Gasteiger partial charge on any atom is -0.508 e. The number of halogens is 2. The second kappa shape index (κ2) is 11.6. The average Bonchev–Trinajstić information content (AvgIpc) is 2.85. The quantitative estimate of drug-likeness (QED) is 0.0527. The van der Waals surface area contributed by atoms with Gasteiger partial charge in [-0.05, 0) is 50.3 Å². The third-order valence-electron chi connectivity index (χ3n) is 5.64. The molecule has 0 aliphatic rings. The predicted molar refractivity (Wildman–Crippen MR) is 164 cm³/mol. The molecule has 0 saturated heterocycles. The van der Waals surface area contributed by atoms with Gasteiger partial charge in [-0.3, -0.25) is 4.79 Å². The Morgan fingerprint density at radius 2 is 1.27 bits per heavy atom. The minimum atomic E-state index is -0.455. The fourth-order valence-corrected chi connectivity index (χ4v) is 4.64. The van der Waals surface area contributed by atoms with Crippen LogP contribution in [0.25, 0.3) is 34.1 Å². The summed E-state index contributed by atoms with van der Waals surface area (Å²) in [6.45, 7) is 3.82. The van der Waals surface area contributed by atoms with Crippen molar-refractivity contribution in [3.8, 4) is 0 Å². The molecule has 0 amide bonds. The third kappa shape index (κ3) is 6.30. The van der Waals surface area contributed by atoms with Crippen LogP contribution in [0.2, 0.25) is 0 Å². The Labute approximate surface area is 239 Å². The molecule has 0 bridgehead atoms. The summed E-state index contributed by atoms with van der Waals surface area (Å²) in [4.78, 5) is 37.1. The lowest BCUT2D eigenvalue weighted by atomic mass is 10.1. The van der Waals surface area contributed by atoms with E-state index in [0.717, 1.165) is 16.8 Å². The van der Waals surface area contributed by atoms with Gasteiger partial charge in [-0.1, -0.05) is 81.6 Å². The van der Waals surface area contributed by atoms with Crippen molar-refractivity contribution < 1.29 is 18.7 Å². The van der Waals surface area contributed by atoms with Crippen LogP contribution < -0.4 is 11.3 Å². The number of allylic oxidation sites excluding steroid dienone is 3. The molecular weight excluding hydrogens is 698 g/mol. The monoisotopic (exact) mass is 720 g/mol. The van der Waals surface area contributed by atoms with Crippen molar-refractivity contribution in [2.24, 2.45) is 0 Å². The minimum absolute atomic E-state index is 0.00211. The summed E-state index contributed by atoms with van der Waals surface area (Å²) < 4.78 is 11.1. The molecule has 0 radical (unpaired) electrons. The summed E-state index contributed by atoms with van der Waals surface area (Å²) in [5.41, 5.74) is 2.31. The maximum absolute atomic E-state index is 12.4. The Hall–Kier alpha value is -2.99. The van der Waals surface area contributed by atoms with Gasteiger partial charge in [0.1, 0.15) is 16.9 Å². The van der Waals surface area contributed by atoms with Gasteiger partial charge in [0.2, 0.25) is 0 Å². The van der Waals surface area contributed by atoms with E-state index < -0.39 is 17.0 Å². The van der Waals surface area contributed by atoms with E-state index in [0.29, 0.717) is 33.4 Å². The van der Waals surface area contributed by atoms with Crippen molar-refractivity contribution in [1.29, 1.82) is 0 Å². The third-order valence-corrected chi connectivity index (χ3v) is 6.98. The van der Waals surface area contributed by atoms with E-state index in [9.17, 15) is 19.5 Å². The van der Waals surface area contributed by atoms with E-state index in [4.69, 9.17) is 8.83 Å². The maximum Gasteiger partial charge on any atom is 0.340 e. The highest BCUT2D eigenvalue weighted by molar-refractivity contribution is 14.1. The Morgan fingerprint density at radius 3 is 1.73 bits per heavy atom. The van der Waals surface area contributed by atoms with Crippen molar-refractivity contribution in [3.63, 3.8) is 0 Å². The van der Waals surface area contributed by atoms with Crippen LogP contribution >= 0.6 is 45.2 Å². The zero-order valence-corrected chi connectivity index (χ0v) is 24.2. The average molecular weight is 720 g/mol. The van der Waals surface area contributed by atoms with Gasteiger partial charge < -0.3 is 13.9 Å². The molecule has 4 rings (SSSR count). The molecule has 0 fully saturated rings. The zero-order chi connectivity index (χ0) is 26.7. The molecule has 0 aliphatic heterocycles. The smallest absolute Gasteiger partial charge is 0.340 e.